The summed E-state index contributed by atoms with van der Waals surface area (Å²) in [7, 11) is 0. The number of benzene rings is 1. The van der Waals surface area contributed by atoms with Crippen molar-refractivity contribution in [1.82, 2.24) is 15.4 Å². The van der Waals surface area contributed by atoms with Crippen LogP contribution in [0.3, 0.4) is 0 Å². The monoisotopic (exact) mass is 377 g/mol. The minimum atomic E-state index is 0.658. The predicted octanol–water partition coefficient (Wildman–Crippen LogP) is 3.67. The van der Waals surface area contributed by atoms with Gasteiger partial charge in [-0.15, -0.1) is 0 Å². The summed E-state index contributed by atoms with van der Waals surface area (Å²) in [5.74, 6) is 0.658. The number of aliphatic imine (C=N–C) groups is 1. The van der Waals surface area contributed by atoms with E-state index in [2.05, 4.69) is 36.4 Å². The van der Waals surface area contributed by atoms with Crippen molar-refractivity contribution in [2.75, 3.05) is 0 Å². The van der Waals surface area contributed by atoms with Crippen LogP contribution in [-0.4, -0.2) is 21.5 Å². The molecule has 0 saturated carbocycles. The Bertz CT molecular complexity index is 936. The van der Waals surface area contributed by atoms with Gasteiger partial charge in [0.2, 0.25) is 0 Å². The Morgan fingerprint density at radius 3 is 2.33 bits per heavy atom. The smallest absolute Gasteiger partial charge is 0.155 e. The van der Waals surface area contributed by atoms with Crippen molar-refractivity contribution >= 4 is 33.2 Å². The van der Waals surface area contributed by atoms with Gasteiger partial charge >= 0.3 is 0 Å². The van der Waals surface area contributed by atoms with Gasteiger partial charge in [0.25, 0.3) is 0 Å². The molecule has 0 atom stereocenters. The third kappa shape index (κ3) is 2.83. The number of pyridine rings is 2. The molecule has 0 aliphatic carbocycles. The van der Waals surface area contributed by atoms with Crippen molar-refractivity contribution in [1.29, 1.82) is 0 Å². The number of aromatic nitrogens is 2. The highest BCUT2D eigenvalue weighted by molar-refractivity contribution is 9.10. The zero-order valence-electron chi connectivity index (χ0n) is 12.5. The van der Waals surface area contributed by atoms with Crippen molar-refractivity contribution in [2.24, 2.45) is 10.1 Å². The van der Waals surface area contributed by atoms with Crippen LogP contribution < -0.4 is 5.43 Å². The van der Waals surface area contributed by atoms with Gasteiger partial charge < -0.3 is 0 Å². The fourth-order valence-electron chi connectivity index (χ4n) is 2.46. The predicted molar refractivity (Wildman–Crippen MR) is 97.6 cm³/mol. The normalized spacial score (nSPS) is 13.2. The summed E-state index contributed by atoms with van der Waals surface area (Å²) in [4.78, 5) is 13.1. The first-order valence-electron chi connectivity index (χ1n) is 7.34. The zero-order valence-corrected chi connectivity index (χ0v) is 14.1. The zero-order chi connectivity index (χ0) is 16.4. The van der Waals surface area contributed by atoms with Gasteiger partial charge in [-0.05, 0) is 42.5 Å². The summed E-state index contributed by atoms with van der Waals surface area (Å²) in [5.41, 5.74) is 7.43. The van der Waals surface area contributed by atoms with Crippen LogP contribution in [0, 0.1) is 0 Å². The fraction of sp³-hybridized carbons (Fsp3) is 0. The molecule has 24 heavy (non-hydrogen) atoms. The van der Waals surface area contributed by atoms with Crippen LogP contribution in [0.25, 0.3) is 0 Å². The van der Waals surface area contributed by atoms with Gasteiger partial charge in [0.15, 0.2) is 5.84 Å². The number of amidine groups is 1. The standard InChI is InChI=1S/C18H12BrN5/c19-14-5-6-16-15(9-14)17(12-3-1-7-20-10-12)23-24-18(22-16)13-4-2-8-21-11-13/h1-11H,(H,22,24). The molecule has 0 fully saturated rings. The SMILES string of the molecule is Brc1ccc2c(c1)C(c1cccnc1)=NNC(c1cccnc1)=N2. The van der Waals surface area contributed by atoms with Crippen molar-refractivity contribution in [3.63, 3.8) is 0 Å². The largest absolute Gasteiger partial charge is 0.264 e. The molecule has 0 amide bonds. The van der Waals surface area contributed by atoms with Gasteiger partial charge in [-0.1, -0.05) is 15.9 Å². The fourth-order valence-corrected chi connectivity index (χ4v) is 2.83. The van der Waals surface area contributed by atoms with E-state index < -0.39 is 0 Å². The molecule has 1 aliphatic rings. The first-order chi connectivity index (χ1) is 11.8. The second kappa shape index (κ2) is 6.33. The van der Waals surface area contributed by atoms with E-state index in [1.165, 1.54) is 0 Å². The van der Waals surface area contributed by atoms with Crippen molar-refractivity contribution in [3.05, 3.63) is 88.4 Å². The second-order valence-electron chi connectivity index (χ2n) is 5.18. The van der Waals surface area contributed by atoms with Crippen LogP contribution in [0.4, 0.5) is 5.69 Å². The van der Waals surface area contributed by atoms with Crippen LogP contribution in [-0.2, 0) is 0 Å². The highest BCUT2D eigenvalue weighted by Crippen LogP contribution is 2.28. The summed E-state index contributed by atoms with van der Waals surface area (Å²) < 4.78 is 0.970. The Balaban J connectivity index is 1.89. The van der Waals surface area contributed by atoms with E-state index in [4.69, 9.17) is 4.99 Å². The van der Waals surface area contributed by atoms with Crippen LogP contribution in [0.1, 0.15) is 16.7 Å². The first-order valence-corrected chi connectivity index (χ1v) is 8.14. The number of hydrogen-bond acceptors (Lipinski definition) is 5. The van der Waals surface area contributed by atoms with Gasteiger partial charge in [0.1, 0.15) is 5.71 Å². The maximum Gasteiger partial charge on any atom is 0.155 e. The highest BCUT2D eigenvalue weighted by Gasteiger charge is 2.17. The van der Waals surface area contributed by atoms with Gasteiger partial charge in [-0.25, -0.2) is 4.99 Å². The third-order valence-electron chi connectivity index (χ3n) is 3.59. The molecule has 6 heteroatoms. The number of hydrazone groups is 1. The van der Waals surface area contributed by atoms with Crippen LogP contribution in [0.2, 0.25) is 0 Å². The maximum atomic E-state index is 4.74. The summed E-state index contributed by atoms with van der Waals surface area (Å²) in [6, 6.07) is 13.6. The van der Waals surface area contributed by atoms with E-state index >= 15 is 0 Å². The summed E-state index contributed by atoms with van der Waals surface area (Å²) in [5, 5.41) is 4.58. The van der Waals surface area contributed by atoms with E-state index in [-0.39, 0.29) is 0 Å². The summed E-state index contributed by atoms with van der Waals surface area (Å²) >= 11 is 3.53. The molecular formula is C18H12BrN5. The quantitative estimate of drug-likeness (QED) is 0.740. The molecule has 5 nitrogen and oxygen atoms in total. The lowest BCUT2D eigenvalue weighted by molar-refractivity contribution is 1.03. The van der Waals surface area contributed by atoms with Gasteiger partial charge in [-0.2, -0.15) is 5.10 Å². The van der Waals surface area contributed by atoms with E-state index in [9.17, 15) is 0 Å². The Hall–Kier alpha value is -2.86. The lowest BCUT2D eigenvalue weighted by Gasteiger charge is -2.07. The van der Waals surface area contributed by atoms with Crippen LogP contribution in [0.15, 0.2) is 81.8 Å². The number of fused-ring (bicyclic) bond motifs is 1. The summed E-state index contributed by atoms with van der Waals surface area (Å²) in [6.45, 7) is 0. The number of halogens is 1. The minimum absolute atomic E-state index is 0.658. The molecule has 116 valence electrons. The Morgan fingerprint density at radius 2 is 1.62 bits per heavy atom. The number of nitrogens with one attached hydrogen (secondary N) is 1. The average Bonchev–Trinajstić information content (AvgIpc) is 2.82. The van der Waals surface area contributed by atoms with Crippen LogP contribution >= 0.6 is 15.9 Å². The molecule has 3 heterocycles. The van der Waals surface area contributed by atoms with E-state index in [0.717, 1.165) is 32.6 Å². The summed E-state index contributed by atoms with van der Waals surface area (Å²) in [6.07, 6.45) is 7.03. The number of rotatable bonds is 2. The Morgan fingerprint density at radius 1 is 0.875 bits per heavy atom. The van der Waals surface area contributed by atoms with Gasteiger partial charge in [0, 0.05) is 46.0 Å². The molecule has 1 aromatic carbocycles. The Kier molecular flexibility index (Phi) is 3.88. The molecule has 0 bridgehead atoms. The molecule has 1 aliphatic heterocycles. The molecule has 2 aromatic heterocycles. The molecular weight excluding hydrogens is 366 g/mol. The molecule has 0 saturated heterocycles. The highest BCUT2D eigenvalue weighted by atomic mass is 79.9. The van der Waals surface area contributed by atoms with Crippen LogP contribution in [0.5, 0.6) is 0 Å². The average molecular weight is 378 g/mol. The molecule has 1 N–H and O–H groups in total. The molecule has 0 spiro atoms. The van der Waals surface area contributed by atoms with Gasteiger partial charge in [0.05, 0.1) is 5.69 Å². The van der Waals surface area contributed by atoms with E-state index in [0.29, 0.717) is 5.84 Å². The van der Waals surface area contributed by atoms with Crippen molar-refractivity contribution in [3.8, 4) is 0 Å². The maximum absolute atomic E-state index is 4.74. The van der Waals surface area contributed by atoms with E-state index in [1.807, 2.05) is 42.5 Å². The lowest BCUT2D eigenvalue weighted by atomic mass is 10.0. The molecule has 3 aromatic rings. The minimum Gasteiger partial charge on any atom is -0.264 e. The first kappa shape index (κ1) is 14.7. The second-order valence-corrected chi connectivity index (χ2v) is 6.09. The van der Waals surface area contributed by atoms with E-state index in [1.54, 1.807) is 24.8 Å². The lowest BCUT2D eigenvalue weighted by Crippen LogP contribution is -2.19. The molecule has 4 rings (SSSR count). The van der Waals surface area contributed by atoms with Crippen molar-refractivity contribution < 1.29 is 0 Å². The van der Waals surface area contributed by atoms with Gasteiger partial charge in [-0.3, -0.25) is 15.4 Å². The Labute approximate surface area is 147 Å². The third-order valence-corrected chi connectivity index (χ3v) is 4.08. The number of hydrogen-bond donors (Lipinski definition) is 1. The molecule has 0 unspecified atom stereocenters. The topological polar surface area (TPSA) is 62.5 Å². The van der Waals surface area contributed by atoms with Crippen molar-refractivity contribution in [2.45, 2.75) is 0 Å². The number of nitrogens with zero attached hydrogens (tertiary/aromatic N) is 4. The molecule has 0 radical (unpaired) electrons.